The van der Waals surface area contributed by atoms with Crippen molar-refractivity contribution < 1.29 is 38.2 Å². The van der Waals surface area contributed by atoms with E-state index in [9.17, 15) is 19.5 Å². The van der Waals surface area contributed by atoms with Crippen molar-refractivity contribution in [2.45, 2.75) is 154 Å². The van der Waals surface area contributed by atoms with Crippen LogP contribution in [0.4, 0.5) is 0 Å². The first-order chi connectivity index (χ1) is 19.6. The van der Waals surface area contributed by atoms with Gasteiger partial charge in [-0.05, 0) is 12.8 Å². The van der Waals surface area contributed by atoms with Crippen LogP contribution in [0.1, 0.15) is 142 Å². The Morgan fingerprint density at radius 3 is 1.54 bits per heavy atom. The maximum atomic E-state index is 12.5. The largest absolute Gasteiger partial charge is 0.544 e. The summed E-state index contributed by atoms with van der Waals surface area (Å²) >= 11 is 0. The fraction of sp³-hybridized carbons (Fsp3) is 0.909. The van der Waals surface area contributed by atoms with Crippen LogP contribution >= 0.6 is 0 Å². The van der Waals surface area contributed by atoms with Crippen LogP contribution in [-0.4, -0.2) is 75.5 Å². The molecule has 0 rings (SSSR count). The number of ether oxygens (including phenoxy) is 3. The van der Waals surface area contributed by atoms with Crippen LogP contribution in [-0.2, 0) is 28.6 Å². The number of carboxylic acid groups (broad SMARTS) is 1. The summed E-state index contributed by atoms with van der Waals surface area (Å²) in [4.78, 5) is 36.1. The van der Waals surface area contributed by atoms with Gasteiger partial charge in [0.1, 0.15) is 12.6 Å². The molecular formula is C33H63NO7. The maximum absolute atomic E-state index is 12.5. The molecule has 0 aliphatic carbocycles. The molecule has 8 nitrogen and oxygen atoms in total. The van der Waals surface area contributed by atoms with Gasteiger partial charge in [-0.2, -0.15) is 0 Å². The number of rotatable bonds is 29. The van der Waals surface area contributed by atoms with Crippen molar-refractivity contribution in [3.63, 3.8) is 0 Å². The zero-order valence-corrected chi connectivity index (χ0v) is 27.2. The van der Waals surface area contributed by atoms with Gasteiger partial charge in [0.2, 0.25) is 0 Å². The molecule has 0 amide bonds. The van der Waals surface area contributed by atoms with Gasteiger partial charge in [0.05, 0.1) is 40.3 Å². The molecule has 0 N–H and O–H groups in total. The van der Waals surface area contributed by atoms with Crippen molar-refractivity contribution in [2.75, 3.05) is 41.0 Å². The predicted octanol–water partition coefficient (Wildman–Crippen LogP) is 6.12. The molecule has 2 atom stereocenters. The van der Waals surface area contributed by atoms with E-state index in [2.05, 4.69) is 13.8 Å². The summed E-state index contributed by atoms with van der Waals surface area (Å²) in [6, 6.07) is -0.715. The van der Waals surface area contributed by atoms with Crippen molar-refractivity contribution in [3.05, 3.63) is 0 Å². The second kappa shape index (κ2) is 26.0. The third kappa shape index (κ3) is 24.6. The van der Waals surface area contributed by atoms with Gasteiger partial charge in [-0.3, -0.25) is 9.59 Å². The topological polar surface area (TPSA) is 102 Å². The zero-order chi connectivity index (χ0) is 30.8. The van der Waals surface area contributed by atoms with Gasteiger partial charge < -0.3 is 28.6 Å². The molecule has 0 spiro atoms. The SMILES string of the molecule is CCCCCCCCCCCCCCCC(=O)OC(COCCC(C(=O)[O-])[N+](C)(C)C)COC(=O)CCCCCC. The van der Waals surface area contributed by atoms with Gasteiger partial charge in [-0.1, -0.05) is 110 Å². The number of carbonyl (C=O) groups excluding carboxylic acids is 3. The number of carbonyl (C=O) groups is 3. The number of likely N-dealkylation sites (N-methyl/N-ethyl adjacent to an activating group) is 1. The summed E-state index contributed by atoms with van der Waals surface area (Å²) in [5.74, 6) is -1.75. The molecule has 0 bridgehead atoms. The Morgan fingerprint density at radius 1 is 0.634 bits per heavy atom. The summed E-state index contributed by atoms with van der Waals surface area (Å²) in [6.45, 7) is 4.53. The normalized spacial score (nSPS) is 13.1. The molecule has 0 saturated heterocycles. The van der Waals surface area contributed by atoms with E-state index >= 15 is 0 Å². The standard InChI is InChI=1S/C33H63NO7/c1-6-8-10-12-13-14-15-16-17-18-19-20-22-24-32(36)41-29(28-40-31(35)23-21-11-9-7-2)27-39-26-25-30(33(37)38)34(3,4)5/h29-30H,6-28H2,1-5H3. The van der Waals surface area contributed by atoms with Crippen molar-refractivity contribution in [2.24, 2.45) is 0 Å². The van der Waals surface area contributed by atoms with Crippen LogP contribution < -0.4 is 5.11 Å². The second-order valence-corrected chi connectivity index (χ2v) is 12.4. The molecular weight excluding hydrogens is 522 g/mol. The molecule has 0 aromatic carbocycles. The fourth-order valence-electron chi connectivity index (χ4n) is 4.83. The van der Waals surface area contributed by atoms with Crippen molar-refractivity contribution >= 4 is 17.9 Å². The summed E-state index contributed by atoms with van der Waals surface area (Å²) in [5, 5.41) is 11.5. The molecule has 8 heteroatoms. The van der Waals surface area contributed by atoms with Crippen LogP contribution in [0.15, 0.2) is 0 Å². The monoisotopic (exact) mass is 585 g/mol. The molecule has 0 aliphatic heterocycles. The van der Waals surface area contributed by atoms with E-state index in [0.717, 1.165) is 44.9 Å². The number of esters is 2. The maximum Gasteiger partial charge on any atom is 0.306 e. The highest BCUT2D eigenvalue weighted by molar-refractivity contribution is 5.70. The fourth-order valence-corrected chi connectivity index (χ4v) is 4.83. The van der Waals surface area contributed by atoms with Gasteiger partial charge in [-0.25, -0.2) is 0 Å². The van der Waals surface area contributed by atoms with E-state index in [-0.39, 0.29) is 42.7 Å². The molecule has 0 heterocycles. The molecule has 242 valence electrons. The van der Waals surface area contributed by atoms with Crippen LogP contribution in [0.2, 0.25) is 0 Å². The van der Waals surface area contributed by atoms with E-state index in [4.69, 9.17) is 14.2 Å². The molecule has 0 aliphatic rings. The number of nitrogens with zero attached hydrogens (tertiary/aromatic N) is 1. The van der Waals surface area contributed by atoms with E-state index in [1.54, 1.807) is 21.1 Å². The van der Waals surface area contributed by atoms with E-state index in [1.807, 2.05) is 0 Å². The number of aliphatic carboxylic acids is 1. The molecule has 0 aromatic heterocycles. The molecule has 0 radical (unpaired) electrons. The molecule has 0 saturated carbocycles. The highest BCUT2D eigenvalue weighted by Crippen LogP contribution is 2.14. The van der Waals surface area contributed by atoms with Crippen molar-refractivity contribution in [1.82, 2.24) is 0 Å². The minimum absolute atomic E-state index is 0.0460. The Hall–Kier alpha value is -1.67. The average Bonchev–Trinajstić information content (AvgIpc) is 2.91. The minimum atomic E-state index is -1.13. The zero-order valence-electron chi connectivity index (χ0n) is 27.2. The summed E-state index contributed by atoms with van der Waals surface area (Å²) in [5.41, 5.74) is 0. The van der Waals surface area contributed by atoms with Crippen LogP contribution in [0.5, 0.6) is 0 Å². The smallest absolute Gasteiger partial charge is 0.306 e. The van der Waals surface area contributed by atoms with Crippen LogP contribution in [0.25, 0.3) is 0 Å². The Kier molecular flexibility index (Phi) is 24.9. The van der Waals surface area contributed by atoms with Gasteiger partial charge in [-0.15, -0.1) is 0 Å². The molecule has 0 aromatic rings. The third-order valence-electron chi connectivity index (χ3n) is 7.49. The molecule has 0 fully saturated rings. The second-order valence-electron chi connectivity index (χ2n) is 12.4. The number of hydrogen-bond donors (Lipinski definition) is 0. The van der Waals surface area contributed by atoms with Gasteiger partial charge in [0.25, 0.3) is 0 Å². The third-order valence-corrected chi connectivity index (χ3v) is 7.49. The minimum Gasteiger partial charge on any atom is -0.544 e. The first-order valence-electron chi connectivity index (χ1n) is 16.6. The Labute approximate surface area is 251 Å². The highest BCUT2D eigenvalue weighted by atomic mass is 16.6. The van der Waals surface area contributed by atoms with E-state index in [1.165, 1.54) is 64.2 Å². The first kappa shape index (κ1) is 39.3. The van der Waals surface area contributed by atoms with Gasteiger partial charge in [0, 0.05) is 19.3 Å². The van der Waals surface area contributed by atoms with Crippen molar-refractivity contribution in [3.8, 4) is 0 Å². The Balaban J connectivity index is 4.34. The molecule has 41 heavy (non-hydrogen) atoms. The van der Waals surface area contributed by atoms with Crippen molar-refractivity contribution in [1.29, 1.82) is 0 Å². The number of quaternary nitrogens is 1. The lowest BCUT2D eigenvalue weighted by atomic mass is 10.0. The number of hydrogen-bond acceptors (Lipinski definition) is 7. The summed E-state index contributed by atoms with van der Waals surface area (Å²) in [6.07, 6.45) is 20.3. The van der Waals surface area contributed by atoms with Gasteiger partial charge >= 0.3 is 11.9 Å². The van der Waals surface area contributed by atoms with Crippen LogP contribution in [0, 0.1) is 0 Å². The number of unbranched alkanes of at least 4 members (excludes halogenated alkanes) is 15. The lowest BCUT2D eigenvalue weighted by molar-refractivity contribution is -0.889. The molecule has 2 unspecified atom stereocenters. The summed E-state index contributed by atoms with van der Waals surface area (Å²) in [7, 11) is 5.38. The average molecular weight is 586 g/mol. The number of carboxylic acids is 1. The van der Waals surface area contributed by atoms with E-state index < -0.39 is 18.1 Å². The summed E-state index contributed by atoms with van der Waals surface area (Å²) < 4.78 is 16.9. The Bertz CT molecular complexity index is 662. The van der Waals surface area contributed by atoms with Gasteiger partial charge in [0.15, 0.2) is 6.10 Å². The first-order valence-corrected chi connectivity index (χ1v) is 16.6. The Morgan fingerprint density at radius 2 is 1.07 bits per heavy atom. The highest BCUT2D eigenvalue weighted by Gasteiger charge is 2.25. The lowest BCUT2D eigenvalue weighted by Gasteiger charge is -2.34. The van der Waals surface area contributed by atoms with Crippen LogP contribution in [0.3, 0.4) is 0 Å². The predicted molar refractivity (Wildman–Crippen MR) is 162 cm³/mol. The quantitative estimate of drug-likeness (QED) is 0.0592. The lowest BCUT2D eigenvalue weighted by Crippen LogP contribution is -2.55. The van der Waals surface area contributed by atoms with E-state index in [0.29, 0.717) is 12.8 Å².